The fourth-order valence-electron chi connectivity index (χ4n) is 5.90. The molecule has 0 spiro atoms. The van der Waals surface area contributed by atoms with E-state index in [1.807, 2.05) is 80.6 Å². The summed E-state index contributed by atoms with van der Waals surface area (Å²) < 4.78 is 25.4. The summed E-state index contributed by atoms with van der Waals surface area (Å²) in [5.74, 6) is 1.03. The highest BCUT2D eigenvalue weighted by Gasteiger charge is 2.34. The Kier molecular flexibility index (Phi) is 9.65. The maximum Gasteiger partial charge on any atom is 0.338 e. The molecule has 0 N–H and O–H groups in total. The number of benzene rings is 4. The molecule has 2 heterocycles. The van der Waals surface area contributed by atoms with Crippen LogP contribution in [0, 0.1) is 11.3 Å². The maximum absolute atomic E-state index is 14.5. The average Bonchev–Trinajstić information content (AvgIpc) is 3.40. The van der Waals surface area contributed by atoms with Gasteiger partial charge in [0.25, 0.3) is 5.56 Å². The third kappa shape index (κ3) is 6.58. The molecule has 5 aromatic rings. The fraction of sp³-hybridized carbons (Fsp3) is 0.231. The van der Waals surface area contributed by atoms with Crippen LogP contribution in [0.15, 0.2) is 99.9 Å². The minimum absolute atomic E-state index is 0.0846. The van der Waals surface area contributed by atoms with E-state index in [9.17, 15) is 14.9 Å². The van der Waals surface area contributed by atoms with Crippen LogP contribution in [-0.4, -0.2) is 30.4 Å². The van der Waals surface area contributed by atoms with E-state index < -0.39 is 12.0 Å². The quantitative estimate of drug-likeness (QED) is 0.162. The van der Waals surface area contributed by atoms with Crippen molar-refractivity contribution in [3.8, 4) is 23.3 Å². The van der Waals surface area contributed by atoms with Gasteiger partial charge >= 0.3 is 5.97 Å². The fourth-order valence-corrected chi connectivity index (χ4v) is 6.93. The number of aromatic nitrogens is 1. The van der Waals surface area contributed by atoms with Gasteiger partial charge in [0.1, 0.15) is 12.4 Å². The van der Waals surface area contributed by atoms with Gasteiger partial charge in [0.05, 0.1) is 53.3 Å². The molecule has 1 atom stereocenters. The molecule has 9 nitrogen and oxygen atoms in total. The van der Waals surface area contributed by atoms with Crippen LogP contribution in [0.1, 0.15) is 56.0 Å². The molecular weight excluding hydrogens is 639 g/mol. The molecule has 0 bridgehead atoms. The molecule has 248 valence electrons. The summed E-state index contributed by atoms with van der Waals surface area (Å²) in [5, 5.41) is 11.5. The van der Waals surface area contributed by atoms with Gasteiger partial charge in [0, 0.05) is 11.1 Å². The molecule has 0 amide bonds. The molecule has 0 aliphatic carbocycles. The summed E-state index contributed by atoms with van der Waals surface area (Å²) in [5.41, 5.74) is 3.06. The van der Waals surface area contributed by atoms with Crippen LogP contribution in [0.5, 0.6) is 17.2 Å². The monoisotopic (exact) mass is 673 g/mol. The number of rotatable bonds is 10. The number of methoxy groups -OCH3 is 1. The number of hydrogen-bond donors (Lipinski definition) is 0. The number of nitrogens with zero attached hydrogens (tertiary/aromatic N) is 3. The third-order valence-corrected chi connectivity index (χ3v) is 9.09. The molecular formula is C39H35N3O6S. The van der Waals surface area contributed by atoms with Crippen molar-refractivity contribution in [2.75, 3.05) is 13.7 Å². The standard InChI is InChI=1S/C39H35N3O6S/c1-6-46-38(44)35-24(4)41-39-42(36(35)26-16-18-32(48-23(2)3)33(19-26)45-5)37(43)34(49-39)20-30-29-14-10-9-11-25(29)15-17-31(30)47-22-28-13-8-7-12-27(28)21-40/h7-20,23,36H,6,22H2,1-5H3/b34-20+/t36-/m0/s1. The smallest absolute Gasteiger partial charge is 0.338 e. The van der Waals surface area contributed by atoms with Crippen molar-refractivity contribution in [1.82, 2.24) is 4.57 Å². The molecule has 0 saturated heterocycles. The lowest BCUT2D eigenvalue weighted by molar-refractivity contribution is -0.139. The number of allylic oxidation sites excluding steroid dienone is 1. The summed E-state index contributed by atoms with van der Waals surface area (Å²) in [4.78, 5) is 33.1. The molecule has 1 aromatic heterocycles. The van der Waals surface area contributed by atoms with Gasteiger partial charge < -0.3 is 18.9 Å². The molecule has 0 unspecified atom stereocenters. The highest BCUT2D eigenvalue weighted by molar-refractivity contribution is 7.07. The Balaban J connectivity index is 1.53. The second kappa shape index (κ2) is 14.2. The molecule has 1 aliphatic heterocycles. The number of thiazole rings is 1. The zero-order valence-corrected chi connectivity index (χ0v) is 28.7. The molecule has 0 saturated carbocycles. The molecule has 0 fully saturated rings. The first-order valence-electron chi connectivity index (χ1n) is 15.9. The van der Waals surface area contributed by atoms with Gasteiger partial charge in [-0.15, -0.1) is 0 Å². The Labute approximate surface area is 287 Å². The van der Waals surface area contributed by atoms with Gasteiger partial charge in [-0.3, -0.25) is 9.36 Å². The maximum atomic E-state index is 14.5. The number of carbonyl (C=O) groups is 1. The predicted molar refractivity (Wildman–Crippen MR) is 189 cm³/mol. The summed E-state index contributed by atoms with van der Waals surface area (Å²) >= 11 is 1.23. The van der Waals surface area contributed by atoms with Gasteiger partial charge in [-0.25, -0.2) is 9.79 Å². The van der Waals surface area contributed by atoms with Crippen molar-refractivity contribution in [2.45, 2.75) is 46.4 Å². The summed E-state index contributed by atoms with van der Waals surface area (Å²) in [6, 6.07) is 25.8. The Morgan fingerprint density at radius 2 is 1.80 bits per heavy atom. The zero-order chi connectivity index (χ0) is 34.7. The summed E-state index contributed by atoms with van der Waals surface area (Å²) in [6.45, 7) is 7.67. The molecule has 1 aliphatic rings. The lowest BCUT2D eigenvalue weighted by Crippen LogP contribution is -2.40. The average molecular weight is 674 g/mol. The Bertz CT molecular complexity index is 2330. The molecule has 6 rings (SSSR count). The van der Waals surface area contributed by atoms with Crippen LogP contribution in [-0.2, 0) is 16.1 Å². The predicted octanol–water partition coefficient (Wildman–Crippen LogP) is 6.20. The van der Waals surface area contributed by atoms with E-state index in [1.54, 1.807) is 43.7 Å². The highest BCUT2D eigenvalue weighted by atomic mass is 32.1. The van der Waals surface area contributed by atoms with Gasteiger partial charge in [-0.2, -0.15) is 5.26 Å². The van der Waals surface area contributed by atoms with E-state index in [0.717, 1.165) is 16.3 Å². The number of hydrogen-bond acceptors (Lipinski definition) is 9. The number of fused-ring (bicyclic) bond motifs is 2. The van der Waals surface area contributed by atoms with Gasteiger partial charge in [0.15, 0.2) is 16.3 Å². The van der Waals surface area contributed by atoms with Crippen LogP contribution in [0.3, 0.4) is 0 Å². The SMILES string of the molecule is CCOC(=O)C1=C(C)N=c2s/c(=C/c3c(OCc4ccccc4C#N)ccc4ccccc34)c(=O)n2[C@H]1c1ccc(OC(C)C)c(OC)c1. The minimum atomic E-state index is -0.829. The second-order valence-electron chi connectivity index (χ2n) is 11.6. The van der Waals surface area contributed by atoms with Crippen molar-refractivity contribution in [3.05, 3.63) is 132 Å². The lowest BCUT2D eigenvalue weighted by atomic mass is 9.95. The molecule has 10 heteroatoms. The largest absolute Gasteiger partial charge is 0.493 e. The Hall–Kier alpha value is -5.66. The molecule has 4 aromatic carbocycles. The van der Waals surface area contributed by atoms with E-state index in [4.69, 9.17) is 23.9 Å². The van der Waals surface area contributed by atoms with Crippen LogP contribution >= 0.6 is 11.3 Å². The second-order valence-corrected chi connectivity index (χ2v) is 12.6. The van der Waals surface area contributed by atoms with Crippen molar-refractivity contribution >= 4 is 34.2 Å². The number of carbonyl (C=O) groups excluding carboxylic acids is 1. The van der Waals surface area contributed by atoms with Gasteiger partial charge in [-0.1, -0.05) is 65.9 Å². The van der Waals surface area contributed by atoms with E-state index in [2.05, 4.69) is 6.07 Å². The van der Waals surface area contributed by atoms with Crippen molar-refractivity contribution in [1.29, 1.82) is 5.26 Å². The Morgan fingerprint density at radius 1 is 1.04 bits per heavy atom. The normalized spacial score (nSPS) is 14.3. The molecule has 49 heavy (non-hydrogen) atoms. The van der Waals surface area contributed by atoms with Crippen LogP contribution in [0.25, 0.3) is 16.8 Å². The van der Waals surface area contributed by atoms with Crippen molar-refractivity contribution < 1.29 is 23.7 Å². The van der Waals surface area contributed by atoms with E-state index in [1.165, 1.54) is 11.3 Å². The number of esters is 1. The van der Waals surface area contributed by atoms with E-state index in [-0.39, 0.29) is 30.5 Å². The first kappa shape index (κ1) is 33.2. The number of ether oxygens (including phenoxy) is 4. The topological polar surface area (TPSA) is 112 Å². The lowest BCUT2D eigenvalue weighted by Gasteiger charge is -2.25. The van der Waals surface area contributed by atoms with Gasteiger partial charge in [0.2, 0.25) is 0 Å². The Morgan fingerprint density at radius 3 is 2.55 bits per heavy atom. The van der Waals surface area contributed by atoms with E-state index in [0.29, 0.717) is 49.0 Å². The first-order chi connectivity index (χ1) is 23.7. The third-order valence-electron chi connectivity index (χ3n) is 8.11. The van der Waals surface area contributed by atoms with Crippen LogP contribution < -0.4 is 29.1 Å². The summed E-state index contributed by atoms with van der Waals surface area (Å²) in [7, 11) is 1.55. The van der Waals surface area contributed by atoms with E-state index >= 15 is 0 Å². The highest BCUT2D eigenvalue weighted by Crippen LogP contribution is 2.37. The van der Waals surface area contributed by atoms with Crippen LogP contribution in [0.2, 0.25) is 0 Å². The number of nitriles is 1. The van der Waals surface area contributed by atoms with Crippen LogP contribution in [0.4, 0.5) is 0 Å². The first-order valence-corrected chi connectivity index (χ1v) is 16.7. The van der Waals surface area contributed by atoms with Gasteiger partial charge in [-0.05, 0) is 74.4 Å². The van der Waals surface area contributed by atoms with Crippen molar-refractivity contribution in [2.24, 2.45) is 4.99 Å². The van der Waals surface area contributed by atoms with Crippen molar-refractivity contribution in [3.63, 3.8) is 0 Å². The molecule has 0 radical (unpaired) electrons. The summed E-state index contributed by atoms with van der Waals surface area (Å²) in [6.07, 6.45) is 1.73. The zero-order valence-electron chi connectivity index (χ0n) is 27.9. The minimum Gasteiger partial charge on any atom is -0.493 e.